The lowest BCUT2D eigenvalue weighted by Crippen LogP contribution is -2.42. The molecule has 0 N–H and O–H groups in total. The number of hydrogen-bond acceptors (Lipinski definition) is 3. The molecule has 1 amide bonds. The van der Waals surface area contributed by atoms with Gasteiger partial charge in [0.1, 0.15) is 5.25 Å². The van der Waals surface area contributed by atoms with Gasteiger partial charge in [-0.3, -0.25) is 4.79 Å². The molecule has 1 heterocycles. The molecular weight excluding hydrogens is 365 g/mol. The number of amides is 1. The van der Waals surface area contributed by atoms with Crippen LogP contribution in [0.15, 0.2) is 53.4 Å². The van der Waals surface area contributed by atoms with Gasteiger partial charge in [-0.25, -0.2) is 0 Å². The summed E-state index contributed by atoms with van der Waals surface area (Å²) in [6.45, 7) is 2.39. The summed E-state index contributed by atoms with van der Waals surface area (Å²) in [4.78, 5) is 15.7. The van der Waals surface area contributed by atoms with Crippen LogP contribution in [0.2, 0.25) is 10.0 Å². The lowest BCUT2D eigenvalue weighted by Gasteiger charge is -2.30. The number of ether oxygens (including phenoxy) is 1. The Hall–Kier alpha value is -1.20. The van der Waals surface area contributed by atoms with E-state index in [0.717, 1.165) is 10.5 Å². The predicted molar refractivity (Wildman–Crippen MR) is 98.9 cm³/mol. The fourth-order valence-corrected chi connectivity index (χ4v) is 4.19. The number of hydrogen-bond donors (Lipinski definition) is 0. The molecule has 0 spiro atoms. The zero-order valence-corrected chi connectivity index (χ0v) is 15.3. The zero-order chi connectivity index (χ0) is 16.9. The monoisotopic (exact) mass is 381 g/mol. The van der Waals surface area contributed by atoms with Crippen molar-refractivity contribution < 1.29 is 9.53 Å². The van der Waals surface area contributed by atoms with Crippen LogP contribution < -0.4 is 0 Å². The van der Waals surface area contributed by atoms with Crippen molar-refractivity contribution in [1.29, 1.82) is 0 Å². The van der Waals surface area contributed by atoms with E-state index in [1.54, 1.807) is 18.2 Å². The molecule has 2 aromatic carbocycles. The third-order valence-electron chi connectivity index (χ3n) is 3.79. The average molecular weight is 382 g/mol. The van der Waals surface area contributed by atoms with Gasteiger partial charge >= 0.3 is 0 Å². The predicted octanol–water partition coefficient (Wildman–Crippen LogP) is 4.69. The maximum Gasteiger partial charge on any atom is 0.240 e. The molecule has 1 atom stereocenters. The maximum atomic E-state index is 13.1. The molecule has 1 aliphatic rings. The van der Waals surface area contributed by atoms with E-state index < -0.39 is 0 Å². The van der Waals surface area contributed by atoms with Crippen LogP contribution in [-0.2, 0) is 9.53 Å². The van der Waals surface area contributed by atoms with Crippen molar-refractivity contribution in [2.75, 3.05) is 26.3 Å². The Morgan fingerprint density at radius 2 is 1.79 bits per heavy atom. The molecule has 0 unspecified atom stereocenters. The molecule has 6 heteroatoms. The third kappa shape index (κ3) is 4.25. The number of rotatable bonds is 4. The van der Waals surface area contributed by atoms with Gasteiger partial charge in [0.15, 0.2) is 0 Å². The summed E-state index contributed by atoms with van der Waals surface area (Å²) >= 11 is 13.8. The van der Waals surface area contributed by atoms with Crippen molar-refractivity contribution in [2.45, 2.75) is 10.1 Å². The van der Waals surface area contributed by atoms with E-state index in [1.807, 2.05) is 35.2 Å². The Kier molecular flexibility index (Phi) is 6.06. The highest BCUT2D eigenvalue weighted by Gasteiger charge is 2.28. The number of nitrogens with zero attached hydrogens (tertiary/aromatic N) is 1. The molecule has 126 valence electrons. The van der Waals surface area contributed by atoms with Gasteiger partial charge in [0.2, 0.25) is 5.91 Å². The SMILES string of the molecule is O=C([C@H](Sc1cc(Cl)ccc1Cl)c1ccccc1)N1CCOCC1. The molecule has 0 bridgehead atoms. The minimum absolute atomic E-state index is 0.0746. The van der Waals surface area contributed by atoms with Crippen molar-refractivity contribution in [3.05, 3.63) is 64.1 Å². The van der Waals surface area contributed by atoms with E-state index in [2.05, 4.69) is 0 Å². The Balaban J connectivity index is 1.90. The normalized spacial score (nSPS) is 16.0. The smallest absolute Gasteiger partial charge is 0.240 e. The third-order valence-corrected chi connectivity index (χ3v) is 5.77. The summed E-state index contributed by atoms with van der Waals surface area (Å²) in [5.74, 6) is 0.0746. The molecule has 2 aromatic rings. The van der Waals surface area contributed by atoms with E-state index in [9.17, 15) is 4.79 Å². The number of morpholine rings is 1. The Labute approximate surface area is 155 Å². The number of carbonyl (C=O) groups is 1. The summed E-state index contributed by atoms with van der Waals surface area (Å²) in [6.07, 6.45) is 0. The summed E-state index contributed by atoms with van der Waals surface area (Å²) in [5.41, 5.74) is 0.954. The second-order valence-electron chi connectivity index (χ2n) is 5.42. The molecule has 3 rings (SSSR count). The number of thioether (sulfide) groups is 1. The molecule has 1 fully saturated rings. The lowest BCUT2D eigenvalue weighted by atomic mass is 10.1. The van der Waals surface area contributed by atoms with Crippen LogP contribution in [0.1, 0.15) is 10.8 Å². The standard InChI is InChI=1S/C18H17Cl2NO2S/c19-14-6-7-15(20)16(12-14)24-17(13-4-2-1-3-5-13)18(22)21-8-10-23-11-9-21/h1-7,12,17H,8-11H2/t17-/m1/s1. The number of halogens is 2. The summed E-state index contributed by atoms with van der Waals surface area (Å²) < 4.78 is 5.35. The summed E-state index contributed by atoms with van der Waals surface area (Å²) in [5, 5.41) is 0.841. The molecule has 24 heavy (non-hydrogen) atoms. The molecule has 0 aromatic heterocycles. The highest BCUT2D eigenvalue weighted by atomic mass is 35.5. The minimum Gasteiger partial charge on any atom is -0.378 e. The van der Waals surface area contributed by atoms with E-state index in [-0.39, 0.29) is 11.2 Å². The Morgan fingerprint density at radius 1 is 1.08 bits per heavy atom. The van der Waals surface area contributed by atoms with Crippen LogP contribution in [0.25, 0.3) is 0 Å². The maximum absolute atomic E-state index is 13.1. The van der Waals surface area contributed by atoms with Crippen LogP contribution >= 0.6 is 35.0 Å². The van der Waals surface area contributed by atoms with Crippen LogP contribution in [-0.4, -0.2) is 37.1 Å². The Bertz CT molecular complexity index is 705. The highest BCUT2D eigenvalue weighted by molar-refractivity contribution is 8.00. The lowest BCUT2D eigenvalue weighted by molar-refractivity contribution is -0.134. The molecule has 0 aliphatic carbocycles. The van der Waals surface area contributed by atoms with Crippen LogP contribution in [0, 0.1) is 0 Å². The van der Waals surface area contributed by atoms with Crippen LogP contribution in [0.5, 0.6) is 0 Å². The highest BCUT2D eigenvalue weighted by Crippen LogP contribution is 2.41. The first kappa shape index (κ1) is 17.6. The molecule has 3 nitrogen and oxygen atoms in total. The fraction of sp³-hybridized carbons (Fsp3) is 0.278. The quantitative estimate of drug-likeness (QED) is 0.719. The summed E-state index contributed by atoms with van der Waals surface area (Å²) in [7, 11) is 0. The van der Waals surface area contributed by atoms with Gasteiger partial charge in [-0.15, -0.1) is 11.8 Å². The molecule has 0 radical (unpaired) electrons. The second kappa shape index (κ2) is 8.26. The minimum atomic E-state index is -0.361. The largest absolute Gasteiger partial charge is 0.378 e. The van der Waals surface area contributed by atoms with Gasteiger partial charge in [-0.05, 0) is 23.8 Å². The first-order valence-corrected chi connectivity index (χ1v) is 9.32. The van der Waals surface area contributed by atoms with Gasteiger partial charge in [0, 0.05) is 23.0 Å². The first-order chi connectivity index (χ1) is 11.6. The van der Waals surface area contributed by atoms with Crippen LogP contribution in [0.3, 0.4) is 0 Å². The van der Waals surface area contributed by atoms with Crippen molar-refractivity contribution >= 4 is 40.9 Å². The molecule has 1 saturated heterocycles. The molecular formula is C18H17Cl2NO2S. The molecule has 1 aliphatic heterocycles. The van der Waals surface area contributed by atoms with Gasteiger partial charge in [0.05, 0.1) is 18.2 Å². The van der Waals surface area contributed by atoms with Crippen molar-refractivity contribution in [3.8, 4) is 0 Å². The van der Waals surface area contributed by atoms with E-state index in [1.165, 1.54) is 11.8 Å². The van der Waals surface area contributed by atoms with Crippen LogP contribution in [0.4, 0.5) is 0 Å². The Morgan fingerprint density at radius 3 is 2.50 bits per heavy atom. The zero-order valence-electron chi connectivity index (χ0n) is 13.0. The van der Waals surface area contributed by atoms with E-state index in [0.29, 0.717) is 36.3 Å². The van der Waals surface area contributed by atoms with Gasteiger partial charge in [-0.1, -0.05) is 53.5 Å². The fourth-order valence-electron chi connectivity index (χ4n) is 2.53. The van der Waals surface area contributed by atoms with E-state index in [4.69, 9.17) is 27.9 Å². The van der Waals surface area contributed by atoms with Crippen molar-refractivity contribution in [2.24, 2.45) is 0 Å². The first-order valence-electron chi connectivity index (χ1n) is 7.68. The van der Waals surface area contributed by atoms with Gasteiger partial charge in [0.25, 0.3) is 0 Å². The number of carbonyl (C=O) groups excluding carboxylic acids is 1. The molecule has 0 saturated carbocycles. The van der Waals surface area contributed by atoms with Gasteiger partial charge < -0.3 is 9.64 Å². The average Bonchev–Trinajstić information content (AvgIpc) is 2.63. The van der Waals surface area contributed by atoms with Crippen molar-refractivity contribution in [3.63, 3.8) is 0 Å². The van der Waals surface area contributed by atoms with Crippen molar-refractivity contribution in [1.82, 2.24) is 4.90 Å². The number of benzene rings is 2. The van der Waals surface area contributed by atoms with E-state index >= 15 is 0 Å². The van der Waals surface area contributed by atoms with Gasteiger partial charge in [-0.2, -0.15) is 0 Å². The topological polar surface area (TPSA) is 29.5 Å². The summed E-state index contributed by atoms with van der Waals surface area (Å²) in [6, 6.07) is 15.1. The second-order valence-corrected chi connectivity index (χ2v) is 7.41.